The molecule has 0 unspecified atom stereocenters. The maximum Gasteiger partial charge on any atom is 2.00 e. The van der Waals surface area contributed by atoms with E-state index < -0.39 is 5.41 Å². The van der Waals surface area contributed by atoms with Crippen LogP contribution < -0.4 is 4.74 Å². The number of thiophene rings is 1. The van der Waals surface area contributed by atoms with Crippen molar-refractivity contribution in [2.75, 3.05) is 0 Å². The normalized spacial score (nSPS) is 12.8. The van der Waals surface area contributed by atoms with Crippen LogP contribution in [0.25, 0.3) is 33.3 Å². The Morgan fingerprint density at radius 2 is 1.40 bits per heavy atom. The van der Waals surface area contributed by atoms with Crippen LogP contribution >= 0.6 is 11.3 Å². The van der Waals surface area contributed by atoms with Gasteiger partial charge in [-0.25, -0.2) is 0 Å². The Hall–Kier alpha value is -4.37. The molecule has 202 valence electrons. The van der Waals surface area contributed by atoms with Gasteiger partial charge in [0.05, 0.1) is 16.6 Å². The van der Waals surface area contributed by atoms with Gasteiger partial charge in [-0.05, 0) is 51.5 Å². The van der Waals surface area contributed by atoms with Crippen LogP contribution in [0.5, 0.6) is 10.8 Å². The summed E-state index contributed by atoms with van der Waals surface area (Å²) in [5, 5.41) is 3.82. The Morgan fingerprint density at radius 3 is 2.19 bits per heavy atom. The number of nitrogens with zero attached hydrogens (tertiary/aromatic N) is 2. The summed E-state index contributed by atoms with van der Waals surface area (Å²) in [5.74, 6) is 0.635. The predicted molar refractivity (Wildman–Crippen MR) is 164 cm³/mol. The second kappa shape index (κ2) is 10.8. The van der Waals surface area contributed by atoms with Crippen molar-refractivity contribution in [1.29, 1.82) is 0 Å². The van der Waals surface area contributed by atoms with Crippen molar-refractivity contribution >= 4 is 22.2 Å². The average Bonchev–Trinajstić information content (AvgIpc) is 3.63. The molecule has 0 spiro atoms. The summed E-state index contributed by atoms with van der Waals surface area (Å²) in [6.45, 7) is 0. The maximum absolute atomic E-state index is 6.38. The first-order chi connectivity index (χ1) is 20.3. The molecule has 0 radical (unpaired) electrons. The number of pyridine rings is 2. The third-order valence-electron chi connectivity index (χ3n) is 7.77. The molecule has 0 amide bonds. The zero-order chi connectivity index (χ0) is 27.2. The number of hydrogen-bond acceptors (Lipinski definition) is 4. The number of ether oxygens (including phenoxy) is 1. The summed E-state index contributed by atoms with van der Waals surface area (Å²) in [4.78, 5) is 9.73. The summed E-state index contributed by atoms with van der Waals surface area (Å²) in [7, 11) is 0. The number of fused-ring (bicyclic) bond motifs is 4. The van der Waals surface area contributed by atoms with Gasteiger partial charge < -0.3 is 9.72 Å². The maximum atomic E-state index is 6.38. The van der Waals surface area contributed by atoms with Crippen LogP contribution in [0.4, 0.5) is 0 Å². The first kappa shape index (κ1) is 26.5. The molecule has 4 aromatic carbocycles. The fourth-order valence-electron chi connectivity index (χ4n) is 6.02. The van der Waals surface area contributed by atoms with Crippen molar-refractivity contribution < 1.29 is 25.8 Å². The Labute approximate surface area is 262 Å². The van der Waals surface area contributed by atoms with Crippen LogP contribution in [0.2, 0.25) is 0 Å². The quantitative estimate of drug-likeness (QED) is 0.166. The second-order valence-corrected chi connectivity index (χ2v) is 10.9. The van der Waals surface area contributed by atoms with Crippen LogP contribution in [0.1, 0.15) is 22.4 Å². The SMILES string of the molecule is [Pt+2].[c-]1c(Oc2[c-]c(-c3ccc4ccccc4n3)cs2)cccc1C1(c2ccccn2)c2ccccc2-c2ccccc21. The van der Waals surface area contributed by atoms with Gasteiger partial charge in [0.15, 0.2) is 0 Å². The van der Waals surface area contributed by atoms with E-state index in [1.165, 1.54) is 33.6 Å². The first-order valence-electron chi connectivity index (χ1n) is 13.5. The van der Waals surface area contributed by atoms with Crippen LogP contribution in [-0.2, 0) is 26.5 Å². The number of para-hydroxylation sites is 1. The zero-order valence-corrected chi connectivity index (χ0v) is 25.3. The van der Waals surface area contributed by atoms with E-state index in [1.807, 2.05) is 54.0 Å². The number of benzene rings is 4. The van der Waals surface area contributed by atoms with E-state index in [9.17, 15) is 0 Å². The standard InChI is InChI=1S/C37H22N2OS.Pt/c1-6-17-33-25(10-1)19-20-34(39-33)26-22-36(41-24-26)40-28-12-9-11-27(23-28)37(35-18-7-8-21-38-35)31-15-4-2-13-29(31)30-14-3-5-16-32(30)37;/h1-21,24H;/q-2;+2. The molecule has 0 aliphatic heterocycles. The molecule has 0 atom stereocenters. The van der Waals surface area contributed by atoms with E-state index in [4.69, 9.17) is 14.7 Å². The van der Waals surface area contributed by atoms with Crippen molar-refractivity contribution in [3.8, 4) is 33.2 Å². The van der Waals surface area contributed by atoms with Crippen molar-refractivity contribution in [2.45, 2.75) is 5.41 Å². The Kier molecular flexibility index (Phi) is 6.82. The van der Waals surface area contributed by atoms with E-state index in [0.717, 1.165) is 33.4 Å². The van der Waals surface area contributed by atoms with Crippen LogP contribution in [0.3, 0.4) is 0 Å². The van der Waals surface area contributed by atoms with E-state index in [1.54, 1.807) is 0 Å². The van der Waals surface area contributed by atoms with Crippen molar-refractivity contribution in [3.05, 3.63) is 167 Å². The summed E-state index contributed by atoms with van der Waals surface area (Å²) in [5.41, 5.74) is 8.90. The van der Waals surface area contributed by atoms with Crippen molar-refractivity contribution in [1.82, 2.24) is 9.97 Å². The molecule has 3 nitrogen and oxygen atoms in total. The van der Waals surface area contributed by atoms with Crippen molar-refractivity contribution in [3.63, 3.8) is 0 Å². The predicted octanol–water partition coefficient (Wildman–Crippen LogP) is 9.11. The number of aromatic nitrogens is 2. The molecule has 42 heavy (non-hydrogen) atoms. The van der Waals surface area contributed by atoms with Crippen LogP contribution in [0.15, 0.2) is 133 Å². The molecule has 3 aromatic heterocycles. The fourth-order valence-corrected chi connectivity index (χ4v) is 6.73. The number of rotatable bonds is 5. The Bertz CT molecular complexity index is 2010. The molecular formula is C37H22N2OPtS. The Morgan fingerprint density at radius 1 is 0.667 bits per heavy atom. The van der Waals surface area contributed by atoms with Gasteiger partial charge >= 0.3 is 21.1 Å². The molecule has 0 N–H and O–H groups in total. The third-order valence-corrected chi connectivity index (χ3v) is 8.52. The molecule has 0 fully saturated rings. The van der Waals surface area contributed by atoms with Crippen LogP contribution in [0, 0.1) is 12.1 Å². The van der Waals surface area contributed by atoms with E-state index in [-0.39, 0.29) is 21.1 Å². The fraction of sp³-hybridized carbons (Fsp3) is 0.0270. The average molecular weight is 738 g/mol. The van der Waals surface area contributed by atoms with Gasteiger partial charge in [0.25, 0.3) is 0 Å². The molecule has 3 heterocycles. The summed E-state index contributed by atoms with van der Waals surface area (Å²) >= 11 is 1.51. The third kappa shape index (κ3) is 4.22. The monoisotopic (exact) mass is 737 g/mol. The van der Waals surface area contributed by atoms with Gasteiger partial charge in [0, 0.05) is 11.9 Å². The van der Waals surface area contributed by atoms with Gasteiger partial charge in [0.2, 0.25) is 0 Å². The van der Waals surface area contributed by atoms with Gasteiger partial charge in [-0.15, -0.1) is 29.1 Å². The molecule has 0 saturated carbocycles. The molecule has 5 heteroatoms. The molecule has 0 bridgehead atoms. The summed E-state index contributed by atoms with van der Waals surface area (Å²) in [6, 6.07) is 48.7. The molecule has 7 aromatic rings. The largest absolute Gasteiger partial charge is 2.00 e. The molecule has 1 aliphatic rings. The minimum atomic E-state index is -0.618. The van der Waals surface area contributed by atoms with Gasteiger partial charge in [-0.3, -0.25) is 4.98 Å². The van der Waals surface area contributed by atoms with E-state index in [2.05, 4.69) is 91.0 Å². The topological polar surface area (TPSA) is 35.0 Å². The van der Waals surface area contributed by atoms with Crippen molar-refractivity contribution in [2.24, 2.45) is 0 Å². The molecule has 0 saturated heterocycles. The smallest absolute Gasteiger partial charge is 0.487 e. The Balaban J connectivity index is 0.00000288. The molecular weight excluding hydrogens is 716 g/mol. The van der Waals surface area contributed by atoms with Gasteiger partial charge in [-0.2, -0.15) is 29.0 Å². The second-order valence-electron chi connectivity index (χ2n) is 10.0. The van der Waals surface area contributed by atoms with Gasteiger partial charge in [0.1, 0.15) is 5.06 Å². The van der Waals surface area contributed by atoms with E-state index in [0.29, 0.717) is 10.8 Å². The minimum Gasteiger partial charge on any atom is -0.487 e. The van der Waals surface area contributed by atoms with Crippen LogP contribution in [-0.4, -0.2) is 9.97 Å². The summed E-state index contributed by atoms with van der Waals surface area (Å²) in [6.07, 6.45) is 1.87. The zero-order valence-electron chi connectivity index (χ0n) is 22.2. The van der Waals surface area contributed by atoms with E-state index >= 15 is 0 Å². The minimum absolute atomic E-state index is 0. The number of hydrogen-bond donors (Lipinski definition) is 0. The first-order valence-corrected chi connectivity index (χ1v) is 14.4. The van der Waals surface area contributed by atoms with Gasteiger partial charge in [-0.1, -0.05) is 84.9 Å². The molecule has 8 rings (SSSR count). The summed E-state index contributed by atoms with van der Waals surface area (Å²) < 4.78 is 6.38. The molecule has 1 aliphatic carbocycles.